The van der Waals surface area contributed by atoms with Gasteiger partial charge in [-0.1, -0.05) is 72.4 Å². The Labute approximate surface area is 256 Å². The molecule has 1 atom stereocenters. The number of halogens is 3. The summed E-state index contributed by atoms with van der Waals surface area (Å²) >= 11 is 18.6. The van der Waals surface area contributed by atoms with E-state index in [0.717, 1.165) is 17.1 Å². The van der Waals surface area contributed by atoms with Crippen LogP contribution in [0, 0.1) is 0 Å². The van der Waals surface area contributed by atoms with Crippen molar-refractivity contribution in [2.24, 2.45) is 0 Å². The fourth-order valence-electron chi connectivity index (χ4n) is 4.01. The van der Waals surface area contributed by atoms with E-state index in [4.69, 9.17) is 39.5 Å². The Bertz CT molecular complexity index is 1470. The van der Waals surface area contributed by atoms with Crippen LogP contribution < -0.4 is 14.4 Å². The highest BCUT2D eigenvalue weighted by Crippen LogP contribution is 2.32. The number of benzene rings is 3. The molecule has 220 valence electrons. The van der Waals surface area contributed by atoms with E-state index in [1.54, 1.807) is 43.3 Å². The van der Waals surface area contributed by atoms with Crippen LogP contribution in [0.15, 0.2) is 71.6 Å². The first kappa shape index (κ1) is 32.5. The molecule has 0 aliphatic rings. The van der Waals surface area contributed by atoms with Crippen molar-refractivity contribution < 1.29 is 22.7 Å². The Hall–Kier alpha value is -2.98. The normalized spacial score (nSPS) is 12.0. The van der Waals surface area contributed by atoms with E-state index in [1.807, 2.05) is 6.92 Å². The van der Waals surface area contributed by atoms with Crippen LogP contribution >= 0.6 is 34.8 Å². The number of amides is 2. The van der Waals surface area contributed by atoms with Crippen LogP contribution in [0.4, 0.5) is 5.69 Å². The molecule has 0 unspecified atom stereocenters. The Balaban J connectivity index is 2.04. The van der Waals surface area contributed by atoms with Crippen molar-refractivity contribution in [3.63, 3.8) is 0 Å². The van der Waals surface area contributed by atoms with Crippen LogP contribution in [-0.4, -0.2) is 51.4 Å². The van der Waals surface area contributed by atoms with Crippen molar-refractivity contribution in [2.45, 2.75) is 44.2 Å². The van der Waals surface area contributed by atoms with Gasteiger partial charge < -0.3 is 15.0 Å². The molecule has 3 aromatic rings. The second-order valence-corrected chi connectivity index (χ2v) is 12.3. The Morgan fingerprint density at radius 3 is 2.27 bits per heavy atom. The standard InChI is InChI=1S/C29H32Cl3N3O5S/c1-4-5-15-33-29(37)20(2)34(18-21-11-13-24(30)25(31)16-21)28(36)19-35(22-12-14-27(40-3)26(32)17-22)41(38,39)23-9-7-6-8-10-23/h6-14,16-17,20H,4-5,15,18-19H2,1-3H3,(H,33,37)/t20-/m1/s1. The van der Waals surface area contributed by atoms with Crippen molar-refractivity contribution >= 4 is 62.3 Å². The number of nitrogens with zero attached hydrogens (tertiary/aromatic N) is 2. The maximum Gasteiger partial charge on any atom is 0.264 e. The number of hydrogen-bond acceptors (Lipinski definition) is 5. The number of methoxy groups -OCH3 is 1. The van der Waals surface area contributed by atoms with Crippen molar-refractivity contribution in [1.82, 2.24) is 10.2 Å². The minimum atomic E-state index is -4.22. The summed E-state index contributed by atoms with van der Waals surface area (Å²) in [4.78, 5) is 28.3. The molecule has 2 amide bonds. The Morgan fingerprint density at radius 2 is 1.66 bits per heavy atom. The Kier molecular flexibility index (Phi) is 11.7. The fraction of sp³-hybridized carbons (Fsp3) is 0.310. The van der Waals surface area contributed by atoms with Gasteiger partial charge in [-0.25, -0.2) is 8.42 Å². The lowest BCUT2D eigenvalue weighted by Gasteiger charge is -2.32. The van der Waals surface area contributed by atoms with Crippen LogP contribution in [0.2, 0.25) is 15.1 Å². The van der Waals surface area contributed by atoms with E-state index in [0.29, 0.717) is 22.9 Å². The molecule has 0 heterocycles. The molecule has 0 fully saturated rings. The molecule has 0 aromatic heterocycles. The molecule has 41 heavy (non-hydrogen) atoms. The van der Waals surface area contributed by atoms with Crippen LogP contribution in [-0.2, 0) is 26.2 Å². The highest BCUT2D eigenvalue weighted by Gasteiger charge is 2.32. The molecular weight excluding hydrogens is 609 g/mol. The van der Waals surface area contributed by atoms with Crippen molar-refractivity contribution in [1.29, 1.82) is 0 Å². The third-order valence-electron chi connectivity index (χ3n) is 6.37. The van der Waals surface area contributed by atoms with Gasteiger partial charge in [0, 0.05) is 13.1 Å². The smallest absolute Gasteiger partial charge is 0.264 e. The maximum absolute atomic E-state index is 14.0. The number of rotatable bonds is 13. The van der Waals surface area contributed by atoms with Gasteiger partial charge in [0.2, 0.25) is 11.8 Å². The molecule has 0 saturated heterocycles. The first-order valence-corrected chi connectivity index (χ1v) is 15.5. The quantitative estimate of drug-likeness (QED) is 0.225. The number of ether oxygens (including phenoxy) is 1. The second kappa shape index (κ2) is 14.8. The third kappa shape index (κ3) is 8.29. The zero-order valence-electron chi connectivity index (χ0n) is 22.9. The van der Waals surface area contributed by atoms with E-state index in [2.05, 4.69) is 5.32 Å². The summed E-state index contributed by atoms with van der Waals surface area (Å²) in [6.45, 7) is 3.43. The number of nitrogens with one attached hydrogen (secondary N) is 1. The van der Waals surface area contributed by atoms with Crippen molar-refractivity contribution in [3.05, 3.63) is 87.4 Å². The number of hydrogen-bond donors (Lipinski definition) is 1. The van der Waals surface area contributed by atoms with Gasteiger partial charge in [-0.15, -0.1) is 0 Å². The number of unbranched alkanes of at least 4 members (excludes halogenated alkanes) is 1. The summed E-state index contributed by atoms with van der Waals surface area (Å²) in [5, 5.41) is 3.64. The summed E-state index contributed by atoms with van der Waals surface area (Å²) in [7, 11) is -2.78. The van der Waals surface area contributed by atoms with Gasteiger partial charge in [-0.3, -0.25) is 13.9 Å². The topological polar surface area (TPSA) is 96.0 Å². The Morgan fingerprint density at radius 1 is 0.951 bits per heavy atom. The molecule has 0 bridgehead atoms. The molecular formula is C29H32Cl3N3O5S. The number of carbonyl (C=O) groups is 2. The third-order valence-corrected chi connectivity index (χ3v) is 9.19. The van der Waals surface area contributed by atoms with E-state index in [-0.39, 0.29) is 33.1 Å². The minimum absolute atomic E-state index is 0.0128. The molecule has 0 aliphatic heterocycles. The maximum atomic E-state index is 14.0. The highest BCUT2D eigenvalue weighted by molar-refractivity contribution is 7.92. The molecule has 0 aliphatic carbocycles. The van der Waals surface area contributed by atoms with Crippen molar-refractivity contribution in [3.8, 4) is 5.75 Å². The molecule has 8 nitrogen and oxygen atoms in total. The monoisotopic (exact) mass is 639 g/mol. The summed E-state index contributed by atoms with van der Waals surface area (Å²) in [5.74, 6) is -0.630. The molecule has 1 N–H and O–H groups in total. The van der Waals surface area contributed by atoms with Gasteiger partial charge in [0.25, 0.3) is 10.0 Å². The van der Waals surface area contributed by atoms with E-state index in [1.165, 1.54) is 42.3 Å². The summed E-state index contributed by atoms with van der Waals surface area (Å²) in [6, 6.07) is 16.2. The van der Waals surface area contributed by atoms with E-state index < -0.39 is 28.5 Å². The van der Waals surface area contributed by atoms with Crippen LogP contribution in [0.1, 0.15) is 32.3 Å². The van der Waals surface area contributed by atoms with Gasteiger partial charge in [-0.05, 0) is 61.4 Å². The predicted octanol–water partition coefficient (Wildman–Crippen LogP) is 6.18. The molecule has 3 rings (SSSR count). The molecule has 0 radical (unpaired) electrons. The summed E-state index contributed by atoms with van der Waals surface area (Å²) in [5.41, 5.74) is 0.772. The zero-order valence-corrected chi connectivity index (χ0v) is 26.0. The number of anilines is 1. The molecule has 3 aromatic carbocycles. The first-order valence-electron chi connectivity index (χ1n) is 12.9. The van der Waals surface area contributed by atoms with Crippen LogP contribution in [0.3, 0.4) is 0 Å². The SMILES string of the molecule is CCCCNC(=O)[C@@H](C)N(Cc1ccc(Cl)c(Cl)c1)C(=O)CN(c1ccc(OC)c(Cl)c1)S(=O)(=O)c1ccccc1. The van der Waals surface area contributed by atoms with Crippen molar-refractivity contribution in [2.75, 3.05) is 24.5 Å². The van der Waals surface area contributed by atoms with Gasteiger partial charge in [0.1, 0.15) is 18.3 Å². The average molecular weight is 641 g/mol. The largest absolute Gasteiger partial charge is 0.495 e. The van der Waals surface area contributed by atoms with Gasteiger partial charge in [-0.2, -0.15) is 0 Å². The van der Waals surface area contributed by atoms with Gasteiger partial charge in [0.15, 0.2) is 0 Å². The number of carbonyl (C=O) groups excluding carboxylic acids is 2. The second-order valence-electron chi connectivity index (χ2n) is 9.23. The lowest BCUT2D eigenvalue weighted by molar-refractivity contribution is -0.139. The summed E-state index contributed by atoms with van der Waals surface area (Å²) in [6.07, 6.45) is 1.66. The molecule has 0 spiro atoms. The first-order chi connectivity index (χ1) is 19.5. The fourth-order valence-corrected chi connectivity index (χ4v) is 6.01. The van der Waals surface area contributed by atoms with E-state index in [9.17, 15) is 18.0 Å². The zero-order chi connectivity index (χ0) is 30.2. The predicted molar refractivity (Wildman–Crippen MR) is 163 cm³/mol. The molecule has 12 heteroatoms. The molecule has 0 saturated carbocycles. The van der Waals surface area contributed by atoms with Gasteiger partial charge >= 0.3 is 0 Å². The van der Waals surface area contributed by atoms with Gasteiger partial charge in [0.05, 0.1) is 32.8 Å². The lowest BCUT2D eigenvalue weighted by Crippen LogP contribution is -2.51. The lowest BCUT2D eigenvalue weighted by atomic mass is 10.1. The van der Waals surface area contributed by atoms with Crippen LogP contribution in [0.25, 0.3) is 0 Å². The highest BCUT2D eigenvalue weighted by atomic mass is 35.5. The minimum Gasteiger partial charge on any atom is -0.495 e. The van der Waals surface area contributed by atoms with Crippen LogP contribution in [0.5, 0.6) is 5.75 Å². The van der Waals surface area contributed by atoms with E-state index >= 15 is 0 Å². The average Bonchev–Trinajstić information content (AvgIpc) is 2.96. The number of sulfonamides is 1. The summed E-state index contributed by atoms with van der Waals surface area (Å²) < 4.78 is 33.9.